The Bertz CT molecular complexity index is 133. The van der Waals surface area contributed by atoms with Gasteiger partial charge in [-0.1, -0.05) is 46.0 Å². The summed E-state index contributed by atoms with van der Waals surface area (Å²) in [4.78, 5) is 0. The van der Waals surface area contributed by atoms with Crippen LogP contribution in [0.5, 0.6) is 0 Å². The van der Waals surface area contributed by atoms with Crippen LogP contribution in [-0.2, 0) is 0 Å². The highest BCUT2D eigenvalue weighted by Crippen LogP contribution is 2.24. The molecule has 1 saturated carbocycles. The lowest BCUT2D eigenvalue weighted by Crippen LogP contribution is -2.29. The first kappa shape index (κ1) is 11.0. The summed E-state index contributed by atoms with van der Waals surface area (Å²) in [5.74, 6) is 1.62. The molecule has 1 aliphatic carbocycles. The van der Waals surface area contributed by atoms with Crippen molar-refractivity contribution < 1.29 is 0 Å². The molecule has 0 spiro atoms. The number of hydrogen-bond donors (Lipinski definition) is 1. The van der Waals surface area contributed by atoms with E-state index in [-0.39, 0.29) is 0 Å². The Morgan fingerprint density at radius 1 is 0.923 bits per heavy atom. The van der Waals surface area contributed by atoms with Crippen molar-refractivity contribution in [2.75, 3.05) is 0 Å². The maximum Gasteiger partial charge on any atom is 0.00646 e. The van der Waals surface area contributed by atoms with E-state index in [0.29, 0.717) is 6.04 Å². The second-order valence-electron chi connectivity index (χ2n) is 4.97. The summed E-state index contributed by atoms with van der Waals surface area (Å²) in [6.07, 6.45) is 9.59. The van der Waals surface area contributed by atoms with E-state index in [0.717, 1.165) is 11.8 Å². The monoisotopic (exact) mass is 183 g/mol. The van der Waals surface area contributed by atoms with E-state index >= 15 is 0 Å². The lowest BCUT2D eigenvalue weighted by atomic mass is 9.85. The average Bonchev–Trinajstić information content (AvgIpc) is 2.09. The van der Waals surface area contributed by atoms with Crippen LogP contribution in [-0.4, -0.2) is 6.04 Å². The van der Waals surface area contributed by atoms with Gasteiger partial charge in [-0.3, -0.25) is 0 Å². The molecule has 3 atom stereocenters. The molecule has 0 radical (unpaired) electrons. The van der Waals surface area contributed by atoms with Crippen molar-refractivity contribution in [2.45, 2.75) is 64.8 Å². The van der Waals surface area contributed by atoms with Gasteiger partial charge >= 0.3 is 0 Å². The second-order valence-corrected chi connectivity index (χ2v) is 4.97. The molecule has 0 bridgehead atoms. The Morgan fingerprint density at radius 2 is 1.54 bits per heavy atom. The van der Waals surface area contributed by atoms with Crippen LogP contribution in [0.3, 0.4) is 0 Å². The van der Waals surface area contributed by atoms with Gasteiger partial charge in [-0.25, -0.2) is 0 Å². The van der Waals surface area contributed by atoms with Crippen LogP contribution in [0.4, 0.5) is 0 Å². The molecular formula is C12H25N. The Kier molecular flexibility index (Phi) is 4.79. The Balaban J connectivity index is 2.37. The zero-order valence-corrected chi connectivity index (χ0v) is 9.26. The maximum atomic E-state index is 6.13. The molecular weight excluding hydrogens is 158 g/mol. The molecule has 1 aliphatic rings. The van der Waals surface area contributed by atoms with E-state index in [9.17, 15) is 0 Å². The third-order valence-corrected chi connectivity index (χ3v) is 3.49. The van der Waals surface area contributed by atoms with E-state index in [1.165, 1.54) is 44.9 Å². The summed E-state index contributed by atoms with van der Waals surface area (Å²) < 4.78 is 0. The van der Waals surface area contributed by atoms with E-state index in [2.05, 4.69) is 13.8 Å². The van der Waals surface area contributed by atoms with Gasteiger partial charge in [-0.05, 0) is 24.7 Å². The van der Waals surface area contributed by atoms with E-state index in [1.54, 1.807) is 0 Å². The lowest BCUT2D eigenvalue weighted by Gasteiger charge is -2.24. The standard InChI is InChI=1S/C12H25N/c1-10-7-5-3-4-6-8-12(13)11(2)9-10/h10-12H,3-9,13H2,1-2H3/t10-,11-,12+/m1/s1. The smallest absolute Gasteiger partial charge is 0.00646 e. The minimum Gasteiger partial charge on any atom is -0.327 e. The second kappa shape index (κ2) is 5.64. The molecule has 1 heteroatoms. The van der Waals surface area contributed by atoms with Gasteiger partial charge in [0.05, 0.1) is 0 Å². The first-order chi connectivity index (χ1) is 6.20. The van der Waals surface area contributed by atoms with Crippen LogP contribution in [0, 0.1) is 11.8 Å². The number of nitrogens with two attached hydrogens (primary N) is 1. The third kappa shape index (κ3) is 4.12. The van der Waals surface area contributed by atoms with Crippen LogP contribution in [0.1, 0.15) is 58.8 Å². The molecule has 13 heavy (non-hydrogen) atoms. The molecule has 0 aromatic carbocycles. The van der Waals surface area contributed by atoms with Crippen LogP contribution < -0.4 is 5.73 Å². The van der Waals surface area contributed by atoms with E-state index < -0.39 is 0 Å². The summed E-state index contributed by atoms with van der Waals surface area (Å²) in [5, 5.41) is 0. The molecule has 0 aromatic rings. The van der Waals surface area contributed by atoms with Crippen LogP contribution in [0.2, 0.25) is 0 Å². The fraction of sp³-hybridized carbons (Fsp3) is 1.00. The van der Waals surface area contributed by atoms with Crippen molar-refractivity contribution in [1.29, 1.82) is 0 Å². The molecule has 0 saturated heterocycles. The molecule has 0 amide bonds. The van der Waals surface area contributed by atoms with Crippen LogP contribution >= 0.6 is 0 Å². The van der Waals surface area contributed by atoms with Crippen molar-refractivity contribution in [3.05, 3.63) is 0 Å². The molecule has 2 N–H and O–H groups in total. The largest absolute Gasteiger partial charge is 0.327 e. The normalized spacial score (nSPS) is 38.5. The Labute approximate surface area is 83.1 Å². The number of hydrogen-bond acceptors (Lipinski definition) is 1. The first-order valence-electron chi connectivity index (χ1n) is 5.95. The van der Waals surface area contributed by atoms with Gasteiger partial charge in [0, 0.05) is 6.04 Å². The van der Waals surface area contributed by atoms with E-state index in [4.69, 9.17) is 5.73 Å². The SMILES string of the molecule is C[C@@H]1CCCCCC[C@H](N)[C@H](C)C1. The quantitative estimate of drug-likeness (QED) is 0.612. The molecule has 1 rings (SSSR count). The summed E-state index contributed by atoms with van der Waals surface area (Å²) >= 11 is 0. The summed E-state index contributed by atoms with van der Waals surface area (Å²) in [6.45, 7) is 4.70. The molecule has 0 aromatic heterocycles. The van der Waals surface area contributed by atoms with Crippen molar-refractivity contribution in [3.63, 3.8) is 0 Å². The van der Waals surface area contributed by atoms with Gasteiger partial charge in [-0.2, -0.15) is 0 Å². The van der Waals surface area contributed by atoms with Gasteiger partial charge in [0.1, 0.15) is 0 Å². The molecule has 78 valence electrons. The number of rotatable bonds is 0. The van der Waals surface area contributed by atoms with Gasteiger partial charge in [0.2, 0.25) is 0 Å². The molecule has 1 fully saturated rings. The summed E-state index contributed by atoms with van der Waals surface area (Å²) in [5.41, 5.74) is 6.13. The molecule has 0 unspecified atom stereocenters. The summed E-state index contributed by atoms with van der Waals surface area (Å²) in [6, 6.07) is 0.459. The molecule has 0 heterocycles. The Morgan fingerprint density at radius 3 is 2.23 bits per heavy atom. The maximum absolute atomic E-state index is 6.13. The van der Waals surface area contributed by atoms with Crippen molar-refractivity contribution >= 4 is 0 Å². The Hall–Kier alpha value is -0.0400. The first-order valence-corrected chi connectivity index (χ1v) is 5.95. The van der Waals surface area contributed by atoms with Crippen LogP contribution in [0.25, 0.3) is 0 Å². The van der Waals surface area contributed by atoms with E-state index in [1.807, 2.05) is 0 Å². The highest BCUT2D eigenvalue weighted by Gasteiger charge is 2.16. The summed E-state index contributed by atoms with van der Waals surface area (Å²) in [7, 11) is 0. The predicted molar refractivity (Wildman–Crippen MR) is 58.6 cm³/mol. The van der Waals surface area contributed by atoms with Crippen molar-refractivity contribution in [1.82, 2.24) is 0 Å². The average molecular weight is 183 g/mol. The van der Waals surface area contributed by atoms with Gasteiger partial charge < -0.3 is 5.73 Å². The van der Waals surface area contributed by atoms with Gasteiger partial charge in [0.15, 0.2) is 0 Å². The fourth-order valence-electron chi connectivity index (χ4n) is 2.44. The highest BCUT2D eigenvalue weighted by molar-refractivity contribution is 4.72. The van der Waals surface area contributed by atoms with Crippen molar-refractivity contribution in [2.24, 2.45) is 17.6 Å². The minimum absolute atomic E-state index is 0.459. The van der Waals surface area contributed by atoms with Crippen LogP contribution in [0.15, 0.2) is 0 Å². The predicted octanol–water partition coefficient (Wildman–Crippen LogP) is 3.33. The minimum atomic E-state index is 0.459. The van der Waals surface area contributed by atoms with Gasteiger partial charge in [0.25, 0.3) is 0 Å². The topological polar surface area (TPSA) is 26.0 Å². The highest BCUT2D eigenvalue weighted by atomic mass is 14.6. The lowest BCUT2D eigenvalue weighted by molar-refractivity contribution is 0.310. The van der Waals surface area contributed by atoms with Gasteiger partial charge in [-0.15, -0.1) is 0 Å². The zero-order chi connectivity index (χ0) is 9.68. The van der Waals surface area contributed by atoms with Crippen molar-refractivity contribution in [3.8, 4) is 0 Å². The fourth-order valence-corrected chi connectivity index (χ4v) is 2.44. The molecule has 0 aliphatic heterocycles. The third-order valence-electron chi connectivity index (χ3n) is 3.49. The molecule has 1 nitrogen and oxygen atoms in total. The zero-order valence-electron chi connectivity index (χ0n) is 9.26.